The molecule has 280 valence electrons. The molecule has 1 atom stereocenters. The Bertz CT molecular complexity index is 1570. The number of piperidine rings is 3. The summed E-state index contributed by atoms with van der Waals surface area (Å²) in [6, 6.07) is 13.1. The van der Waals surface area contributed by atoms with Crippen molar-refractivity contribution < 1.29 is 33.8 Å². The molecule has 4 aliphatic rings. The average molecular weight is 716 g/mol. The van der Waals surface area contributed by atoms with Gasteiger partial charge in [0.2, 0.25) is 0 Å². The van der Waals surface area contributed by atoms with Crippen molar-refractivity contribution in [3.05, 3.63) is 53.6 Å². The molecular formula is C39H54BN5O7. The van der Waals surface area contributed by atoms with Crippen LogP contribution in [0.5, 0.6) is 5.75 Å². The van der Waals surface area contributed by atoms with Crippen LogP contribution >= 0.6 is 0 Å². The standard InChI is InChI=1S/C39H54BN5O7/c1-3-51-36(47)26-42-17-10-28(11-18-42)29-12-19-43(20-13-29)37(48)35(25-27-8-9-34(46)32(24-27)40-2)52-39(50)44-21-15-31(16-22-44)45-23-14-30-6-4-5-7-33(30)41-38(45)49/h4-9,24,28-29,31,35,40,46H,3,10-23,25-26H2,1-2H3,(H,41,49)/t35-/m1/s1. The van der Waals surface area contributed by atoms with Crippen LogP contribution in [0.2, 0.25) is 6.82 Å². The van der Waals surface area contributed by atoms with Crippen LogP contribution in [-0.4, -0.2) is 127 Å². The minimum atomic E-state index is -0.989. The van der Waals surface area contributed by atoms with E-state index in [1.54, 1.807) is 17.0 Å². The highest BCUT2D eigenvalue weighted by Gasteiger charge is 2.37. The van der Waals surface area contributed by atoms with Gasteiger partial charge in [-0.2, -0.15) is 0 Å². The van der Waals surface area contributed by atoms with Gasteiger partial charge >= 0.3 is 18.1 Å². The van der Waals surface area contributed by atoms with E-state index in [0.29, 0.717) is 77.8 Å². The van der Waals surface area contributed by atoms with Crippen LogP contribution in [0.1, 0.15) is 56.6 Å². The number of nitrogens with zero attached hydrogens (tertiary/aromatic N) is 4. The molecule has 52 heavy (non-hydrogen) atoms. The van der Waals surface area contributed by atoms with Crippen molar-refractivity contribution in [1.82, 2.24) is 19.6 Å². The fourth-order valence-corrected chi connectivity index (χ4v) is 8.50. The largest absolute Gasteiger partial charge is 0.509 e. The Morgan fingerprint density at radius 2 is 1.58 bits per heavy atom. The molecule has 3 saturated heterocycles. The summed E-state index contributed by atoms with van der Waals surface area (Å²) in [6.07, 6.45) is 4.62. The van der Waals surface area contributed by atoms with E-state index in [1.807, 2.05) is 53.9 Å². The smallest absolute Gasteiger partial charge is 0.410 e. The summed E-state index contributed by atoms with van der Waals surface area (Å²) in [5, 5.41) is 13.3. The lowest BCUT2D eigenvalue weighted by atomic mass is 9.72. The number of carbonyl (C=O) groups excluding carboxylic acids is 4. The number of ether oxygens (including phenoxy) is 2. The number of urea groups is 1. The lowest BCUT2D eigenvalue weighted by molar-refractivity contribution is -0.144. The van der Waals surface area contributed by atoms with E-state index in [9.17, 15) is 24.3 Å². The van der Waals surface area contributed by atoms with E-state index in [4.69, 9.17) is 9.47 Å². The van der Waals surface area contributed by atoms with Gasteiger partial charge < -0.3 is 34.6 Å². The highest BCUT2D eigenvalue weighted by Crippen LogP contribution is 2.33. The van der Waals surface area contributed by atoms with E-state index in [-0.39, 0.29) is 36.1 Å². The predicted molar refractivity (Wildman–Crippen MR) is 200 cm³/mol. The number of anilines is 1. The van der Waals surface area contributed by atoms with Crippen molar-refractivity contribution >= 4 is 42.4 Å². The van der Waals surface area contributed by atoms with E-state index in [2.05, 4.69) is 10.2 Å². The highest BCUT2D eigenvalue weighted by molar-refractivity contribution is 6.53. The highest BCUT2D eigenvalue weighted by atomic mass is 16.6. The van der Waals surface area contributed by atoms with Crippen LogP contribution in [0.3, 0.4) is 0 Å². The van der Waals surface area contributed by atoms with Crippen LogP contribution in [0.4, 0.5) is 15.3 Å². The molecule has 3 fully saturated rings. The van der Waals surface area contributed by atoms with Crippen molar-refractivity contribution in [2.24, 2.45) is 11.8 Å². The van der Waals surface area contributed by atoms with Crippen LogP contribution in [0, 0.1) is 11.8 Å². The molecule has 0 unspecified atom stereocenters. The van der Waals surface area contributed by atoms with Gasteiger partial charge in [0, 0.05) is 50.9 Å². The van der Waals surface area contributed by atoms with Gasteiger partial charge in [-0.15, -0.1) is 0 Å². The summed E-state index contributed by atoms with van der Waals surface area (Å²) in [5.41, 5.74) is 3.58. The summed E-state index contributed by atoms with van der Waals surface area (Å²) in [6.45, 7) is 9.01. The number of phenolic OH excluding ortho intramolecular Hbond substituents is 1. The first-order chi connectivity index (χ1) is 25.2. The lowest BCUT2D eigenvalue weighted by Crippen LogP contribution is -2.52. The number of benzene rings is 2. The van der Waals surface area contributed by atoms with E-state index < -0.39 is 12.2 Å². The quantitative estimate of drug-likeness (QED) is 0.282. The molecule has 0 aromatic heterocycles. The van der Waals surface area contributed by atoms with E-state index in [1.165, 1.54) is 0 Å². The summed E-state index contributed by atoms with van der Waals surface area (Å²) in [7, 11) is 0.642. The number of para-hydroxylation sites is 1. The van der Waals surface area contributed by atoms with E-state index >= 15 is 0 Å². The maximum Gasteiger partial charge on any atom is 0.410 e. The van der Waals surface area contributed by atoms with Gasteiger partial charge in [0.05, 0.1) is 13.2 Å². The first-order valence-electron chi connectivity index (χ1n) is 19.3. The number of carbonyl (C=O) groups is 4. The van der Waals surface area contributed by atoms with Gasteiger partial charge in [-0.25, -0.2) is 9.59 Å². The Morgan fingerprint density at radius 1 is 0.904 bits per heavy atom. The number of aromatic hydroxyl groups is 1. The average Bonchev–Trinajstić information content (AvgIpc) is 3.33. The van der Waals surface area contributed by atoms with Crippen molar-refractivity contribution in [3.63, 3.8) is 0 Å². The molecule has 2 N–H and O–H groups in total. The van der Waals surface area contributed by atoms with Crippen LogP contribution < -0.4 is 10.8 Å². The van der Waals surface area contributed by atoms with Crippen LogP contribution in [0.15, 0.2) is 42.5 Å². The first-order valence-corrected chi connectivity index (χ1v) is 19.3. The lowest BCUT2D eigenvalue weighted by Gasteiger charge is -2.41. The number of hydrogen-bond donors (Lipinski definition) is 2. The normalized spacial score (nSPS) is 20.0. The van der Waals surface area contributed by atoms with E-state index in [0.717, 1.165) is 67.5 Å². The third-order valence-electron chi connectivity index (χ3n) is 11.6. The predicted octanol–water partition coefficient (Wildman–Crippen LogP) is 3.62. The van der Waals surface area contributed by atoms with Crippen LogP contribution in [-0.2, 0) is 31.9 Å². The molecule has 4 aliphatic heterocycles. The zero-order chi connectivity index (χ0) is 36.6. The number of amides is 4. The molecule has 6 rings (SSSR count). The van der Waals surface area contributed by atoms with Gasteiger partial charge in [0.15, 0.2) is 13.4 Å². The molecule has 0 aliphatic carbocycles. The number of fused-ring (bicyclic) bond motifs is 1. The second-order valence-electron chi connectivity index (χ2n) is 14.7. The summed E-state index contributed by atoms with van der Waals surface area (Å²) < 4.78 is 11.2. The van der Waals surface area contributed by atoms with Gasteiger partial charge in [-0.3, -0.25) is 14.5 Å². The monoisotopic (exact) mass is 715 g/mol. The molecule has 4 amide bonds. The number of likely N-dealkylation sites (tertiary alicyclic amines) is 3. The maximum atomic E-state index is 14.1. The van der Waals surface area contributed by atoms with Gasteiger partial charge in [-0.1, -0.05) is 37.2 Å². The Balaban J connectivity index is 1.04. The van der Waals surface area contributed by atoms with Crippen molar-refractivity contribution in [1.29, 1.82) is 0 Å². The summed E-state index contributed by atoms with van der Waals surface area (Å²) >= 11 is 0. The Kier molecular flexibility index (Phi) is 12.6. The second kappa shape index (κ2) is 17.5. The number of esters is 1. The molecule has 0 spiro atoms. The summed E-state index contributed by atoms with van der Waals surface area (Å²) in [5.74, 6) is 0.940. The van der Waals surface area contributed by atoms with Crippen molar-refractivity contribution in [2.45, 2.75) is 77.3 Å². The molecule has 0 bridgehead atoms. The Morgan fingerprint density at radius 3 is 2.27 bits per heavy atom. The fraction of sp³-hybridized carbons (Fsp3) is 0.590. The third kappa shape index (κ3) is 9.21. The Labute approximate surface area is 308 Å². The Hall–Kier alpha value is -4.26. The zero-order valence-electron chi connectivity index (χ0n) is 30.8. The second-order valence-corrected chi connectivity index (χ2v) is 14.7. The minimum Gasteiger partial charge on any atom is -0.509 e. The number of nitrogens with one attached hydrogen (secondary N) is 1. The molecule has 0 radical (unpaired) electrons. The van der Waals surface area contributed by atoms with Crippen molar-refractivity contribution in [2.75, 3.05) is 64.3 Å². The third-order valence-corrected chi connectivity index (χ3v) is 11.6. The molecule has 4 heterocycles. The maximum absolute atomic E-state index is 14.1. The molecule has 12 nitrogen and oxygen atoms in total. The molecule has 13 heteroatoms. The molecule has 0 saturated carbocycles. The van der Waals surface area contributed by atoms with Gasteiger partial charge in [-0.05, 0) is 106 Å². The topological polar surface area (TPSA) is 132 Å². The minimum absolute atomic E-state index is 0.00588. The zero-order valence-corrected chi connectivity index (χ0v) is 30.8. The number of rotatable bonds is 10. The first kappa shape index (κ1) is 37.5. The summed E-state index contributed by atoms with van der Waals surface area (Å²) in [4.78, 5) is 60.4. The number of hydrogen-bond acceptors (Lipinski definition) is 8. The fourth-order valence-electron chi connectivity index (χ4n) is 8.50. The van der Waals surface area contributed by atoms with Crippen molar-refractivity contribution in [3.8, 4) is 5.75 Å². The number of phenols is 1. The van der Waals surface area contributed by atoms with Gasteiger partial charge in [0.1, 0.15) is 5.75 Å². The van der Waals surface area contributed by atoms with Crippen LogP contribution in [0.25, 0.3) is 0 Å². The SMILES string of the molecule is CBc1cc(C[C@@H](OC(=O)N2CCC(N3CCc4ccccc4NC3=O)CC2)C(=O)N2CCC(C3CCN(CC(=O)OCC)CC3)CC2)ccc1O. The molecule has 2 aromatic carbocycles. The molecular weight excluding hydrogens is 661 g/mol. The molecule has 2 aromatic rings. The van der Waals surface area contributed by atoms with Gasteiger partial charge in [0.25, 0.3) is 5.91 Å².